The summed E-state index contributed by atoms with van der Waals surface area (Å²) in [6.07, 6.45) is 2.67. The van der Waals surface area contributed by atoms with E-state index in [0.29, 0.717) is 24.7 Å². The van der Waals surface area contributed by atoms with E-state index in [1.807, 2.05) is 0 Å². The first-order valence-electron chi connectivity index (χ1n) is 7.71. The number of rotatable bonds is 4. The number of amides is 2. The Balaban J connectivity index is 0.00000176. The molecular formula is C14H24ClN3O3S. The van der Waals surface area contributed by atoms with Gasteiger partial charge in [0, 0.05) is 37.2 Å². The molecule has 0 spiro atoms. The van der Waals surface area contributed by atoms with Crippen molar-refractivity contribution < 1.29 is 14.7 Å². The summed E-state index contributed by atoms with van der Waals surface area (Å²) in [5.74, 6) is 1.58. The van der Waals surface area contributed by atoms with Crippen molar-refractivity contribution in [1.82, 2.24) is 15.5 Å². The van der Waals surface area contributed by atoms with Gasteiger partial charge in [-0.3, -0.25) is 9.59 Å². The second-order valence-corrected chi connectivity index (χ2v) is 7.18. The fourth-order valence-electron chi connectivity index (χ4n) is 3.04. The largest absolute Gasteiger partial charge is 0.391 e. The first kappa shape index (κ1) is 17.8. The number of hydrogen-bond acceptors (Lipinski definition) is 5. The number of halogens is 1. The van der Waals surface area contributed by atoms with Crippen molar-refractivity contribution in [2.45, 2.75) is 31.4 Å². The van der Waals surface area contributed by atoms with Gasteiger partial charge in [0.05, 0.1) is 12.0 Å². The Labute approximate surface area is 141 Å². The molecule has 0 aromatic heterocycles. The fraction of sp³-hybridized carbons (Fsp3) is 0.857. The van der Waals surface area contributed by atoms with Crippen LogP contribution < -0.4 is 10.6 Å². The molecule has 0 radical (unpaired) electrons. The number of thioether (sulfide) groups is 1. The summed E-state index contributed by atoms with van der Waals surface area (Å²) in [6, 6.07) is -0.338. The van der Waals surface area contributed by atoms with Crippen molar-refractivity contribution in [2.24, 2.45) is 11.8 Å². The molecule has 3 fully saturated rings. The van der Waals surface area contributed by atoms with Gasteiger partial charge in [-0.15, -0.1) is 24.2 Å². The van der Waals surface area contributed by atoms with E-state index in [1.54, 1.807) is 16.7 Å². The number of aliphatic hydroxyl groups excluding tert-OH is 1. The van der Waals surface area contributed by atoms with Gasteiger partial charge in [0.1, 0.15) is 6.04 Å². The lowest BCUT2D eigenvalue weighted by Gasteiger charge is -2.31. The van der Waals surface area contributed by atoms with Crippen LogP contribution in [0.15, 0.2) is 0 Å². The van der Waals surface area contributed by atoms with Crippen LogP contribution in [0.1, 0.15) is 19.3 Å². The molecule has 3 N–H and O–H groups in total. The van der Waals surface area contributed by atoms with E-state index >= 15 is 0 Å². The molecule has 3 rings (SSSR count). The van der Waals surface area contributed by atoms with Crippen LogP contribution in [-0.2, 0) is 9.59 Å². The van der Waals surface area contributed by atoms with Crippen LogP contribution in [0.2, 0.25) is 0 Å². The van der Waals surface area contributed by atoms with Crippen LogP contribution in [0.25, 0.3) is 0 Å². The molecule has 2 heterocycles. The minimum atomic E-state index is -0.393. The highest BCUT2D eigenvalue weighted by Gasteiger charge is 2.39. The van der Waals surface area contributed by atoms with E-state index in [0.717, 1.165) is 25.8 Å². The highest BCUT2D eigenvalue weighted by molar-refractivity contribution is 7.99. The highest BCUT2D eigenvalue weighted by atomic mass is 35.5. The van der Waals surface area contributed by atoms with Crippen LogP contribution in [-0.4, -0.2) is 65.2 Å². The molecule has 3 atom stereocenters. The number of carbonyl (C=O) groups is 2. The summed E-state index contributed by atoms with van der Waals surface area (Å²) >= 11 is 1.64. The predicted molar refractivity (Wildman–Crippen MR) is 87.9 cm³/mol. The maximum atomic E-state index is 12.3. The summed E-state index contributed by atoms with van der Waals surface area (Å²) in [7, 11) is 0. The van der Waals surface area contributed by atoms with Gasteiger partial charge in [0.25, 0.3) is 0 Å². The number of hydrogen-bond donors (Lipinski definition) is 3. The minimum Gasteiger partial charge on any atom is -0.391 e. The van der Waals surface area contributed by atoms with Crippen LogP contribution in [0.5, 0.6) is 0 Å². The first-order valence-corrected chi connectivity index (χ1v) is 8.87. The van der Waals surface area contributed by atoms with Gasteiger partial charge in [0.2, 0.25) is 11.8 Å². The normalized spacial score (nSPS) is 31.5. The maximum Gasteiger partial charge on any atom is 0.243 e. The second-order valence-electron chi connectivity index (χ2n) is 6.18. The molecule has 1 aliphatic carbocycles. The standard InChI is InChI=1S/C14H23N3O3S.ClH/c18-12-6-15-4-10(12)5-16-13(19)11-7-21-8-17(11)14(20)9-2-1-3-9;/h9-12,15,18H,1-8H2,(H,16,19);1H. The Morgan fingerprint density at radius 3 is 2.68 bits per heavy atom. The molecule has 126 valence electrons. The van der Waals surface area contributed by atoms with E-state index in [1.165, 1.54) is 0 Å². The maximum absolute atomic E-state index is 12.3. The van der Waals surface area contributed by atoms with Gasteiger partial charge in [-0.05, 0) is 12.8 Å². The smallest absolute Gasteiger partial charge is 0.243 e. The Hall–Kier alpha value is -0.500. The zero-order chi connectivity index (χ0) is 14.8. The van der Waals surface area contributed by atoms with Crippen molar-refractivity contribution in [2.75, 3.05) is 31.3 Å². The molecule has 3 unspecified atom stereocenters. The zero-order valence-corrected chi connectivity index (χ0v) is 14.1. The molecule has 8 heteroatoms. The third-order valence-electron chi connectivity index (χ3n) is 4.77. The van der Waals surface area contributed by atoms with E-state index in [9.17, 15) is 14.7 Å². The van der Waals surface area contributed by atoms with Gasteiger partial charge in [-0.1, -0.05) is 6.42 Å². The topological polar surface area (TPSA) is 81.7 Å². The lowest BCUT2D eigenvalue weighted by molar-refractivity contribution is -0.143. The molecule has 3 aliphatic rings. The Kier molecular flexibility index (Phi) is 6.37. The van der Waals surface area contributed by atoms with E-state index in [2.05, 4.69) is 10.6 Å². The predicted octanol–water partition coefficient (Wildman–Crippen LogP) is -0.194. The number of β-amino-alcohol motifs (C(OH)–C–C–N with tert-alkyl or cyclic N) is 1. The third-order valence-corrected chi connectivity index (χ3v) is 5.78. The summed E-state index contributed by atoms with van der Waals surface area (Å²) < 4.78 is 0. The Bertz CT molecular complexity index is 422. The van der Waals surface area contributed by atoms with E-state index < -0.39 is 6.10 Å². The average Bonchev–Trinajstić information content (AvgIpc) is 3.02. The molecule has 0 aromatic rings. The van der Waals surface area contributed by atoms with Crippen molar-refractivity contribution in [3.05, 3.63) is 0 Å². The van der Waals surface area contributed by atoms with Crippen LogP contribution >= 0.6 is 24.2 Å². The molecule has 2 aliphatic heterocycles. The third kappa shape index (κ3) is 3.69. The summed E-state index contributed by atoms with van der Waals surface area (Å²) in [5.41, 5.74) is 0. The molecule has 0 bridgehead atoms. The molecule has 6 nitrogen and oxygen atoms in total. The van der Waals surface area contributed by atoms with Crippen LogP contribution in [0.4, 0.5) is 0 Å². The summed E-state index contributed by atoms with van der Waals surface area (Å²) in [5, 5.41) is 15.8. The van der Waals surface area contributed by atoms with Gasteiger partial charge in [-0.2, -0.15) is 0 Å². The SMILES string of the molecule is Cl.O=C(NCC1CNCC1O)C1CSCN1C(=O)C1CCC1. The monoisotopic (exact) mass is 349 g/mol. The molecule has 2 amide bonds. The van der Waals surface area contributed by atoms with Crippen molar-refractivity contribution in [3.63, 3.8) is 0 Å². The number of nitrogens with zero attached hydrogens (tertiary/aromatic N) is 1. The van der Waals surface area contributed by atoms with Crippen molar-refractivity contribution in [3.8, 4) is 0 Å². The first-order chi connectivity index (χ1) is 10.2. The summed E-state index contributed by atoms with van der Waals surface area (Å²) in [4.78, 5) is 26.4. The second kappa shape index (κ2) is 7.86. The lowest BCUT2D eigenvalue weighted by atomic mass is 9.84. The highest BCUT2D eigenvalue weighted by Crippen LogP contribution is 2.32. The van der Waals surface area contributed by atoms with Crippen LogP contribution in [0, 0.1) is 11.8 Å². The summed E-state index contributed by atoms with van der Waals surface area (Å²) in [6.45, 7) is 1.79. The van der Waals surface area contributed by atoms with Crippen molar-refractivity contribution >= 4 is 36.0 Å². The molecule has 2 saturated heterocycles. The average molecular weight is 350 g/mol. The minimum absolute atomic E-state index is 0. The zero-order valence-electron chi connectivity index (χ0n) is 12.5. The number of carbonyl (C=O) groups excluding carboxylic acids is 2. The van der Waals surface area contributed by atoms with E-state index in [4.69, 9.17) is 0 Å². The van der Waals surface area contributed by atoms with Gasteiger partial charge < -0.3 is 20.6 Å². The molecular weight excluding hydrogens is 326 g/mol. The molecule has 1 saturated carbocycles. The van der Waals surface area contributed by atoms with Gasteiger partial charge >= 0.3 is 0 Å². The van der Waals surface area contributed by atoms with Crippen LogP contribution in [0.3, 0.4) is 0 Å². The Morgan fingerprint density at radius 2 is 2.09 bits per heavy atom. The van der Waals surface area contributed by atoms with Gasteiger partial charge in [0.15, 0.2) is 0 Å². The van der Waals surface area contributed by atoms with Gasteiger partial charge in [-0.25, -0.2) is 0 Å². The number of aliphatic hydroxyl groups is 1. The fourth-order valence-corrected chi connectivity index (χ4v) is 4.21. The molecule has 0 aromatic carbocycles. The number of nitrogens with one attached hydrogen (secondary N) is 2. The lowest BCUT2D eigenvalue weighted by Crippen LogP contribution is -2.51. The molecule has 22 heavy (non-hydrogen) atoms. The Morgan fingerprint density at radius 1 is 1.32 bits per heavy atom. The van der Waals surface area contributed by atoms with E-state index in [-0.39, 0.29) is 42.1 Å². The van der Waals surface area contributed by atoms with Crippen molar-refractivity contribution in [1.29, 1.82) is 0 Å². The quantitative estimate of drug-likeness (QED) is 0.655.